The molecular weight excluding hydrogens is 360 g/mol. The molecule has 1 saturated heterocycles. The quantitative estimate of drug-likeness (QED) is 0.765. The fourth-order valence-corrected chi connectivity index (χ4v) is 3.57. The number of ether oxygens (including phenoxy) is 3. The van der Waals surface area contributed by atoms with E-state index in [9.17, 15) is 9.59 Å². The van der Waals surface area contributed by atoms with Gasteiger partial charge in [0.25, 0.3) is 11.5 Å². The van der Waals surface area contributed by atoms with Crippen molar-refractivity contribution in [3.05, 3.63) is 51.9 Å². The van der Waals surface area contributed by atoms with Gasteiger partial charge in [-0.2, -0.15) is 0 Å². The van der Waals surface area contributed by atoms with Crippen molar-refractivity contribution in [1.29, 1.82) is 0 Å². The first-order chi connectivity index (χ1) is 13.5. The summed E-state index contributed by atoms with van der Waals surface area (Å²) in [6, 6.07) is 8.92. The predicted molar refractivity (Wildman–Crippen MR) is 104 cm³/mol. The molecule has 2 aromatic rings. The third-order valence-electron chi connectivity index (χ3n) is 5.22. The Bertz CT molecular complexity index is 958. The van der Waals surface area contributed by atoms with Gasteiger partial charge in [-0.25, -0.2) is 0 Å². The molecule has 1 amide bonds. The van der Waals surface area contributed by atoms with Gasteiger partial charge in [-0.15, -0.1) is 0 Å². The van der Waals surface area contributed by atoms with E-state index < -0.39 is 0 Å². The van der Waals surface area contributed by atoms with Gasteiger partial charge in [-0.3, -0.25) is 9.59 Å². The summed E-state index contributed by atoms with van der Waals surface area (Å²) >= 11 is 0. The lowest BCUT2D eigenvalue weighted by molar-refractivity contribution is 0.0174. The average molecular weight is 384 g/mol. The van der Waals surface area contributed by atoms with E-state index in [4.69, 9.17) is 14.2 Å². The fraction of sp³-hybridized carbons (Fsp3) is 0.429. The van der Waals surface area contributed by atoms with Crippen LogP contribution in [0, 0.1) is 6.92 Å². The van der Waals surface area contributed by atoms with Crippen LogP contribution in [0.25, 0.3) is 0 Å². The third-order valence-corrected chi connectivity index (χ3v) is 5.22. The molecule has 2 aliphatic rings. The van der Waals surface area contributed by atoms with Gasteiger partial charge in [0.2, 0.25) is 0 Å². The zero-order chi connectivity index (χ0) is 19.8. The number of likely N-dealkylation sites (tertiary alicyclic amines) is 1. The second-order valence-electron chi connectivity index (χ2n) is 7.29. The summed E-state index contributed by atoms with van der Waals surface area (Å²) in [4.78, 5) is 26.7. The molecule has 2 fully saturated rings. The monoisotopic (exact) mass is 384 g/mol. The molecule has 0 spiro atoms. The molecular formula is C21H24N2O5. The van der Waals surface area contributed by atoms with Crippen LogP contribution in [0.2, 0.25) is 0 Å². The Morgan fingerprint density at radius 2 is 1.79 bits per heavy atom. The van der Waals surface area contributed by atoms with Gasteiger partial charge in [-0.05, 0) is 38.0 Å². The number of nitrogens with zero attached hydrogens (tertiary/aromatic N) is 2. The Kier molecular flexibility index (Phi) is 4.75. The second-order valence-corrected chi connectivity index (χ2v) is 7.29. The number of methoxy groups -OCH3 is 2. The number of hydrogen-bond donors (Lipinski definition) is 0. The number of pyridine rings is 1. The molecule has 0 radical (unpaired) electrons. The Labute approximate surface area is 163 Å². The predicted octanol–water partition coefficient (Wildman–Crippen LogP) is 2.41. The minimum atomic E-state index is -0.122. The SMILES string of the molecule is COc1ccc(C(=O)N2CC(Oc3cc(C)n(C4CC4)c(=O)c3)C2)c(OC)c1. The molecule has 1 aliphatic heterocycles. The number of carbonyl (C=O) groups excluding carboxylic acids is 1. The molecule has 4 rings (SSSR count). The number of aromatic nitrogens is 1. The van der Waals surface area contributed by atoms with Crippen LogP contribution in [-0.2, 0) is 0 Å². The number of carbonyl (C=O) groups is 1. The zero-order valence-corrected chi connectivity index (χ0v) is 16.3. The molecule has 0 atom stereocenters. The Balaban J connectivity index is 1.40. The summed E-state index contributed by atoms with van der Waals surface area (Å²) < 4.78 is 18.2. The number of amides is 1. The maximum absolute atomic E-state index is 12.7. The number of benzene rings is 1. The number of aryl methyl sites for hydroxylation is 1. The van der Waals surface area contributed by atoms with Crippen molar-refractivity contribution in [1.82, 2.24) is 9.47 Å². The summed E-state index contributed by atoms with van der Waals surface area (Å²) in [6.45, 7) is 2.87. The molecule has 2 heterocycles. The van der Waals surface area contributed by atoms with E-state index in [1.165, 1.54) is 7.11 Å². The van der Waals surface area contributed by atoms with Crippen molar-refractivity contribution in [3.63, 3.8) is 0 Å². The highest BCUT2D eigenvalue weighted by Crippen LogP contribution is 2.35. The Hall–Kier alpha value is -2.96. The topological polar surface area (TPSA) is 70.0 Å². The molecule has 1 aromatic heterocycles. The van der Waals surface area contributed by atoms with Crippen LogP contribution >= 0.6 is 0 Å². The first kappa shape index (κ1) is 18.4. The van der Waals surface area contributed by atoms with Crippen LogP contribution in [0.4, 0.5) is 0 Å². The van der Waals surface area contributed by atoms with Crippen molar-refractivity contribution in [3.8, 4) is 17.2 Å². The van der Waals surface area contributed by atoms with E-state index in [1.807, 2.05) is 17.6 Å². The molecule has 0 N–H and O–H groups in total. The average Bonchev–Trinajstić information content (AvgIpc) is 3.47. The minimum absolute atomic E-state index is 0.0206. The number of rotatable bonds is 6. The van der Waals surface area contributed by atoms with Crippen LogP contribution in [0.5, 0.6) is 17.2 Å². The Morgan fingerprint density at radius 1 is 1.04 bits per heavy atom. The highest BCUT2D eigenvalue weighted by molar-refractivity contribution is 5.97. The van der Waals surface area contributed by atoms with E-state index in [-0.39, 0.29) is 17.6 Å². The molecule has 1 saturated carbocycles. The lowest BCUT2D eigenvalue weighted by Crippen LogP contribution is -2.56. The zero-order valence-electron chi connectivity index (χ0n) is 16.3. The second kappa shape index (κ2) is 7.22. The van der Waals surface area contributed by atoms with E-state index in [2.05, 4.69) is 0 Å². The lowest BCUT2D eigenvalue weighted by atomic mass is 10.1. The maximum Gasteiger partial charge on any atom is 0.257 e. The summed E-state index contributed by atoms with van der Waals surface area (Å²) in [5.41, 5.74) is 1.39. The highest BCUT2D eigenvalue weighted by Gasteiger charge is 2.34. The standard InChI is InChI=1S/C21H24N2O5/c1-13-8-16(10-20(24)23(13)14-4-5-14)28-17-11-22(12-17)21(25)18-7-6-15(26-2)9-19(18)27-3/h6-10,14,17H,4-5,11-12H2,1-3H3. The molecule has 1 aliphatic carbocycles. The van der Waals surface area contributed by atoms with Crippen molar-refractivity contribution < 1.29 is 19.0 Å². The van der Waals surface area contributed by atoms with Gasteiger partial charge in [0.05, 0.1) is 32.9 Å². The molecule has 148 valence electrons. The summed E-state index contributed by atoms with van der Waals surface area (Å²) in [7, 11) is 3.10. The Morgan fingerprint density at radius 3 is 2.39 bits per heavy atom. The number of hydrogen-bond acceptors (Lipinski definition) is 5. The fourth-order valence-electron chi connectivity index (χ4n) is 3.57. The van der Waals surface area contributed by atoms with E-state index in [1.54, 1.807) is 36.3 Å². The summed E-state index contributed by atoms with van der Waals surface area (Å²) in [5, 5.41) is 0. The van der Waals surface area contributed by atoms with E-state index in [0.717, 1.165) is 18.5 Å². The van der Waals surface area contributed by atoms with E-state index in [0.29, 0.717) is 41.9 Å². The van der Waals surface area contributed by atoms with Crippen molar-refractivity contribution >= 4 is 5.91 Å². The molecule has 7 heteroatoms. The van der Waals surface area contributed by atoms with Gasteiger partial charge < -0.3 is 23.7 Å². The molecule has 0 unspecified atom stereocenters. The summed E-state index contributed by atoms with van der Waals surface area (Å²) in [5.74, 6) is 1.57. The smallest absolute Gasteiger partial charge is 0.257 e. The van der Waals surface area contributed by atoms with Crippen molar-refractivity contribution in [2.45, 2.75) is 31.9 Å². The first-order valence-electron chi connectivity index (χ1n) is 9.41. The largest absolute Gasteiger partial charge is 0.497 e. The van der Waals surface area contributed by atoms with Gasteiger partial charge in [-0.1, -0.05) is 0 Å². The van der Waals surface area contributed by atoms with Gasteiger partial charge >= 0.3 is 0 Å². The van der Waals surface area contributed by atoms with Gasteiger partial charge in [0, 0.05) is 23.9 Å². The van der Waals surface area contributed by atoms with Crippen molar-refractivity contribution in [2.75, 3.05) is 27.3 Å². The lowest BCUT2D eigenvalue weighted by Gasteiger charge is -2.39. The van der Waals surface area contributed by atoms with Gasteiger partial charge in [0.15, 0.2) is 0 Å². The molecule has 1 aromatic carbocycles. The van der Waals surface area contributed by atoms with Crippen molar-refractivity contribution in [2.24, 2.45) is 0 Å². The van der Waals surface area contributed by atoms with Crippen LogP contribution < -0.4 is 19.8 Å². The van der Waals surface area contributed by atoms with Crippen LogP contribution in [-0.4, -0.2) is 48.8 Å². The third kappa shape index (κ3) is 3.44. The van der Waals surface area contributed by atoms with Crippen LogP contribution in [0.3, 0.4) is 0 Å². The van der Waals surface area contributed by atoms with Crippen LogP contribution in [0.1, 0.15) is 34.9 Å². The minimum Gasteiger partial charge on any atom is -0.497 e. The van der Waals surface area contributed by atoms with E-state index >= 15 is 0 Å². The molecule has 7 nitrogen and oxygen atoms in total. The van der Waals surface area contributed by atoms with Gasteiger partial charge in [0.1, 0.15) is 23.4 Å². The molecule has 0 bridgehead atoms. The first-order valence-corrected chi connectivity index (χ1v) is 9.41. The maximum atomic E-state index is 12.7. The van der Waals surface area contributed by atoms with Crippen LogP contribution in [0.15, 0.2) is 35.1 Å². The molecule has 28 heavy (non-hydrogen) atoms. The summed E-state index contributed by atoms with van der Waals surface area (Å²) in [6.07, 6.45) is 2.01. The normalized spacial score (nSPS) is 16.5. The highest BCUT2D eigenvalue weighted by atomic mass is 16.5.